The highest BCUT2D eigenvalue weighted by Gasteiger charge is 2.37. The summed E-state index contributed by atoms with van der Waals surface area (Å²) >= 11 is 0. The number of aromatic hydroxyl groups is 2. The fourth-order valence-corrected chi connectivity index (χ4v) is 2.63. The number of hydrogen-bond donors (Lipinski definition) is 3. The fourth-order valence-electron chi connectivity index (χ4n) is 2.63. The maximum absolute atomic E-state index is 12.0. The Bertz CT molecular complexity index is 671. The summed E-state index contributed by atoms with van der Waals surface area (Å²) in [6, 6.07) is 2.94. The molecule has 122 valence electrons. The van der Waals surface area contributed by atoms with Crippen LogP contribution in [0.5, 0.6) is 11.5 Å². The van der Waals surface area contributed by atoms with Crippen molar-refractivity contribution in [2.75, 3.05) is 13.1 Å². The van der Waals surface area contributed by atoms with Crippen molar-refractivity contribution in [3.05, 3.63) is 34.2 Å². The van der Waals surface area contributed by atoms with Crippen molar-refractivity contribution in [2.45, 2.75) is 18.9 Å². The standard InChI is InChI=1S/C14H16N4O5/c15-17-16-6-9-5-13(21)18(7-9)10(14(22)23)3-8-1-2-11(19)12(20)4-8/h1-2,4,9-10,19-20H,3,5-7H2,(H,22,23). The zero-order chi connectivity index (χ0) is 17.0. The molecule has 1 saturated heterocycles. The van der Waals surface area contributed by atoms with Gasteiger partial charge in [0.2, 0.25) is 5.91 Å². The lowest BCUT2D eigenvalue weighted by atomic mass is 10.0. The highest BCUT2D eigenvalue weighted by molar-refractivity contribution is 5.85. The predicted octanol–water partition coefficient (Wildman–Crippen LogP) is 1.25. The third-order valence-electron chi connectivity index (χ3n) is 3.77. The van der Waals surface area contributed by atoms with Crippen molar-refractivity contribution in [3.63, 3.8) is 0 Å². The average Bonchev–Trinajstić information content (AvgIpc) is 2.86. The number of benzene rings is 1. The summed E-state index contributed by atoms with van der Waals surface area (Å²) < 4.78 is 0. The molecule has 0 bridgehead atoms. The number of carboxylic acid groups (broad SMARTS) is 1. The Balaban J connectivity index is 2.15. The quantitative estimate of drug-likeness (QED) is 0.312. The van der Waals surface area contributed by atoms with Crippen molar-refractivity contribution in [1.82, 2.24) is 4.90 Å². The summed E-state index contributed by atoms with van der Waals surface area (Å²) in [5.74, 6) is -2.31. The minimum Gasteiger partial charge on any atom is -0.504 e. The molecule has 1 aromatic carbocycles. The van der Waals surface area contributed by atoms with E-state index >= 15 is 0 Å². The third kappa shape index (κ3) is 3.83. The van der Waals surface area contributed by atoms with Crippen molar-refractivity contribution in [3.8, 4) is 11.5 Å². The van der Waals surface area contributed by atoms with E-state index in [1.807, 2.05) is 0 Å². The summed E-state index contributed by atoms with van der Waals surface area (Å²) in [5, 5.41) is 31.6. The Labute approximate surface area is 131 Å². The second kappa shape index (κ2) is 6.89. The van der Waals surface area contributed by atoms with Gasteiger partial charge in [0, 0.05) is 30.8 Å². The van der Waals surface area contributed by atoms with E-state index in [-0.39, 0.29) is 49.3 Å². The minimum absolute atomic E-state index is 0.00313. The van der Waals surface area contributed by atoms with Gasteiger partial charge in [0.15, 0.2) is 11.5 Å². The van der Waals surface area contributed by atoms with Crippen LogP contribution in [0.25, 0.3) is 10.4 Å². The van der Waals surface area contributed by atoms with Crippen molar-refractivity contribution in [2.24, 2.45) is 11.0 Å². The van der Waals surface area contributed by atoms with Crippen LogP contribution in [0.1, 0.15) is 12.0 Å². The Morgan fingerprint density at radius 1 is 1.43 bits per heavy atom. The van der Waals surface area contributed by atoms with Crippen LogP contribution in [0.2, 0.25) is 0 Å². The summed E-state index contributed by atoms with van der Waals surface area (Å²) in [5.41, 5.74) is 8.81. The van der Waals surface area contributed by atoms with Crippen LogP contribution in [0.15, 0.2) is 23.3 Å². The van der Waals surface area contributed by atoms with Crippen LogP contribution in [0.3, 0.4) is 0 Å². The Kier molecular flexibility index (Phi) is 4.92. The molecular formula is C14H16N4O5. The van der Waals surface area contributed by atoms with Gasteiger partial charge in [-0.15, -0.1) is 0 Å². The molecule has 0 aliphatic carbocycles. The van der Waals surface area contributed by atoms with E-state index in [0.29, 0.717) is 5.56 Å². The zero-order valence-electron chi connectivity index (χ0n) is 12.2. The Morgan fingerprint density at radius 3 is 2.78 bits per heavy atom. The zero-order valence-corrected chi connectivity index (χ0v) is 12.2. The number of hydrogen-bond acceptors (Lipinski definition) is 5. The lowest BCUT2D eigenvalue weighted by Crippen LogP contribution is -2.43. The molecule has 9 heteroatoms. The average molecular weight is 320 g/mol. The highest BCUT2D eigenvalue weighted by Crippen LogP contribution is 2.27. The second-order valence-corrected chi connectivity index (χ2v) is 5.41. The first-order valence-corrected chi connectivity index (χ1v) is 6.96. The minimum atomic E-state index is -1.16. The molecule has 2 rings (SSSR count). The smallest absolute Gasteiger partial charge is 0.326 e. The number of nitrogens with zero attached hydrogens (tertiary/aromatic N) is 4. The number of aliphatic carboxylic acids is 1. The summed E-state index contributed by atoms with van der Waals surface area (Å²) in [4.78, 5) is 27.5. The molecule has 0 spiro atoms. The molecule has 1 fully saturated rings. The molecule has 3 N–H and O–H groups in total. The molecule has 1 aliphatic heterocycles. The van der Waals surface area contributed by atoms with E-state index in [1.165, 1.54) is 23.1 Å². The molecule has 0 radical (unpaired) electrons. The van der Waals surface area contributed by atoms with Gasteiger partial charge < -0.3 is 20.2 Å². The third-order valence-corrected chi connectivity index (χ3v) is 3.77. The normalized spacial score (nSPS) is 18.5. The maximum Gasteiger partial charge on any atom is 0.326 e. The van der Waals surface area contributed by atoms with Crippen LogP contribution < -0.4 is 0 Å². The van der Waals surface area contributed by atoms with E-state index in [4.69, 9.17) is 5.53 Å². The molecule has 2 atom stereocenters. The monoisotopic (exact) mass is 320 g/mol. The van der Waals surface area contributed by atoms with E-state index in [0.717, 1.165) is 0 Å². The Morgan fingerprint density at radius 2 is 2.17 bits per heavy atom. The molecule has 9 nitrogen and oxygen atoms in total. The molecule has 0 aromatic heterocycles. The van der Waals surface area contributed by atoms with Crippen LogP contribution in [0, 0.1) is 5.92 Å². The van der Waals surface area contributed by atoms with E-state index in [2.05, 4.69) is 10.0 Å². The first-order valence-electron chi connectivity index (χ1n) is 6.96. The molecule has 1 aromatic rings. The van der Waals surface area contributed by atoms with E-state index in [1.54, 1.807) is 0 Å². The summed E-state index contributed by atoms with van der Waals surface area (Å²) in [7, 11) is 0. The molecule has 1 amide bonds. The van der Waals surface area contributed by atoms with Crippen LogP contribution in [0.4, 0.5) is 0 Å². The number of phenolic OH excluding ortho intramolecular Hbond substituents is 2. The lowest BCUT2D eigenvalue weighted by molar-refractivity contribution is -0.148. The largest absolute Gasteiger partial charge is 0.504 e. The van der Waals surface area contributed by atoms with Gasteiger partial charge in [-0.05, 0) is 29.1 Å². The molecule has 2 unspecified atom stereocenters. The number of carboxylic acids is 1. The molecule has 23 heavy (non-hydrogen) atoms. The van der Waals surface area contributed by atoms with Crippen LogP contribution in [-0.2, 0) is 16.0 Å². The molecular weight excluding hydrogens is 304 g/mol. The van der Waals surface area contributed by atoms with E-state index < -0.39 is 12.0 Å². The van der Waals surface area contributed by atoms with Crippen LogP contribution >= 0.6 is 0 Å². The van der Waals surface area contributed by atoms with Crippen molar-refractivity contribution in [1.29, 1.82) is 0 Å². The van der Waals surface area contributed by atoms with Gasteiger partial charge in [-0.1, -0.05) is 11.2 Å². The van der Waals surface area contributed by atoms with Gasteiger partial charge >= 0.3 is 5.97 Å². The Hall–Kier alpha value is -2.93. The molecule has 0 saturated carbocycles. The maximum atomic E-state index is 12.0. The number of likely N-dealkylation sites (tertiary alicyclic amines) is 1. The number of rotatable bonds is 6. The summed E-state index contributed by atoms with van der Waals surface area (Å²) in [6.07, 6.45) is 0.146. The van der Waals surface area contributed by atoms with E-state index in [9.17, 15) is 24.9 Å². The number of carbonyl (C=O) groups is 2. The summed E-state index contributed by atoms with van der Waals surface area (Å²) in [6.45, 7) is 0.351. The lowest BCUT2D eigenvalue weighted by Gasteiger charge is -2.25. The van der Waals surface area contributed by atoms with Gasteiger partial charge in [0.1, 0.15) is 6.04 Å². The second-order valence-electron chi connectivity index (χ2n) is 5.41. The first kappa shape index (κ1) is 16.4. The fraction of sp³-hybridized carbons (Fsp3) is 0.429. The SMILES string of the molecule is [N-]=[N+]=NCC1CC(=O)N(C(Cc2ccc(O)c(O)c2)C(=O)O)C1. The number of phenols is 2. The predicted molar refractivity (Wildman–Crippen MR) is 78.7 cm³/mol. The number of amides is 1. The molecule has 1 heterocycles. The van der Waals surface area contributed by atoms with Crippen molar-refractivity contribution >= 4 is 11.9 Å². The van der Waals surface area contributed by atoms with Gasteiger partial charge in [0.05, 0.1) is 0 Å². The number of azide groups is 1. The first-order chi connectivity index (χ1) is 10.9. The van der Waals surface area contributed by atoms with Gasteiger partial charge in [-0.25, -0.2) is 4.79 Å². The topological polar surface area (TPSA) is 147 Å². The van der Waals surface area contributed by atoms with Crippen molar-refractivity contribution < 1.29 is 24.9 Å². The highest BCUT2D eigenvalue weighted by atomic mass is 16.4. The van der Waals surface area contributed by atoms with Gasteiger partial charge in [-0.3, -0.25) is 4.79 Å². The number of carbonyl (C=O) groups excluding carboxylic acids is 1. The van der Waals surface area contributed by atoms with Gasteiger partial charge in [-0.2, -0.15) is 0 Å². The van der Waals surface area contributed by atoms with Gasteiger partial charge in [0.25, 0.3) is 0 Å². The molecule has 1 aliphatic rings. The van der Waals surface area contributed by atoms with Crippen LogP contribution in [-0.4, -0.2) is 51.2 Å².